The molecule has 30 heavy (non-hydrogen) atoms. The Morgan fingerprint density at radius 3 is 2.53 bits per heavy atom. The number of morpholine rings is 1. The predicted octanol–water partition coefficient (Wildman–Crippen LogP) is 5.11. The number of hydrogen-bond acceptors (Lipinski definition) is 6. The number of nitrogens with one attached hydrogen (secondary N) is 1. The number of ether oxygens (including phenoxy) is 2. The van der Waals surface area contributed by atoms with Gasteiger partial charge in [0.25, 0.3) is 5.91 Å². The second-order valence-electron chi connectivity index (χ2n) is 7.32. The number of carbonyl (C=O) groups is 1. The van der Waals surface area contributed by atoms with E-state index in [1.807, 2.05) is 12.1 Å². The number of hydrogen-bond donors (Lipinski definition) is 1. The maximum absolute atomic E-state index is 13.0. The van der Waals surface area contributed by atoms with E-state index in [1.165, 1.54) is 21.6 Å². The van der Waals surface area contributed by atoms with Gasteiger partial charge < -0.3 is 14.8 Å². The molecule has 3 aromatic rings. The van der Waals surface area contributed by atoms with Crippen LogP contribution in [0.1, 0.15) is 38.0 Å². The van der Waals surface area contributed by atoms with Crippen LogP contribution in [0.3, 0.4) is 0 Å². The predicted molar refractivity (Wildman–Crippen MR) is 123 cm³/mol. The van der Waals surface area contributed by atoms with Crippen molar-refractivity contribution in [3.8, 4) is 5.75 Å². The lowest BCUT2D eigenvalue weighted by Crippen LogP contribution is -2.39. The molecule has 158 valence electrons. The molecule has 1 aromatic carbocycles. The first-order valence-electron chi connectivity index (χ1n) is 9.97. The molecular weight excluding hydrogens is 416 g/mol. The molecule has 1 amide bonds. The van der Waals surface area contributed by atoms with Crippen molar-refractivity contribution in [3.05, 3.63) is 68.2 Å². The SMILES string of the molecule is COc1ccc(C(=O)Nc2sc(C)c(C)c2C(c2ccsc2)N2CCOCC2)cc1. The van der Waals surface area contributed by atoms with Crippen LogP contribution in [0.15, 0.2) is 41.1 Å². The molecule has 3 heterocycles. The second kappa shape index (κ2) is 9.31. The van der Waals surface area contributed by atoms with E-state index in [-0.39, 0.29) is 11.9 Å². The van der Waals surface area contributed by atoms with Crippen LogP contribution in [0.5, 0.6) is 5.75 Å². The van der Waals surface area contributed by atoms with Gasteiger partial charge in [-0.1, -0.05) is 0 Å². The Balaban J connectivity index is 1.69. The minimum Gasteiger partial charge on any atom is -0.497 e. The first-order chi connectivity index (χ1) is 14.6. The highest BCUT2D eigenvalue weighted by molar-refractivity contribution is 7.16. The quantitative estimate of drug-likeness (QED) is 0.576. The van der Waals surface area contributed by atoms with Crippen molar-refractivity contribution in [2.24, 2.45) is 0 Å². The molecule has 0 bridgehead atoms. The first kappa shape index (κ1) is 21.1. The van der Waals surface area contributed by atoms with Crippen LogP contribution in [0, 0.1) is 13.8 Å². The number of rotatable bonds is 6. The number of aryl methyl sites for hydroxylation is 1. The third-order valence-electron chi connectivity index (χ3n) is 5.55. The summed E-state index contributed by atoms with van der Waals surface area (Å²) >= 11 is 3.36. The molecule has 1 aliphatic heterocycles. The number of carbonyl (C=O) groups excluding carboxylic acids is 1. The van der Waals surface area contributed by atoms with E-state index >= 15 is 0 Å². The third-order valence-corrected chi connectivity index (χ3v) is 7.39. The number of benzene rings is 1. The molecule has 4 rings (SSSR count). The zero-order valence-corrected chi connectivity index (χ0v) is 19.1. The van der Waals surface area contributed by atoms with E-state index in [4.69, 9.17) is 9.47 Å². The van der Waals surface area contributed by atoms with Gasteiger partial charge in [-0.15, -0.1) is 11.3 Å². The van der Waals surface area contributed by atoms with Crippen molar-refractivity contribution >= 4 is 33.6 Å². The monoisotopic (exact) mass is 442 g/mol. The number of nitrogens with zero attached hydrogens (tertiary/aromatic N) is 1. The summed E-state index contributed by atoms with van der Waals surface area (Å²) in [6.07, 6.45) is 0. The van der Waals surface area contributed by atoms with Gasteiger partial charge >= 0.3 is 0 Å². The lowest BCUT2D eigenvalue weighted by molar-refractivity contribution is 0.0241. The average molecular weight is 443 g/mol. The van der Waals surface area contributed by atoms with Crippen LogP contribution in [-0.2, 0) is 4.74 Å². The Labute approximate surface area is 185 Å². The smallest absolute Gasteiger partial charge is 0.256 e. The number of thiophene rings is 2. The Bertz CT molecular complexity index is 990. The van der Waals surface area contributed by atoms with Crippen molar-refractivity contribution in [3.63, 3.8) is 0 Å². The second-order valence-corrected chi connectivity index (χ2v) is 9.32. The summed E-state index contributed by atoms with van der Waals surface area (Å²) < 4.78 is 10.8. The van der Waals surface area contributed by atoms with Crippen molar-refractivity contribution in [1.82, 2.24) is 4.90 Å². The van der Waals surface area contributed by atoms with Gasteiger partial charge in [0.2, 0.25) is 0 Å². The van der Waals surface area contributed by atoms with Gasteiger partial charge in [0.15, 0.2) is 0 Å². The number of methoxy groups -OCH3 is 1. The molecule has 2 aromatic heterocycles. The fourth-order valence-electron chi connectivity index (χ4n) is 3.81. The van der Waals surface area contributed by atoms with Crippen molar-refractivity contribution < 1.29 is 14.3 Å². The van der Waals surface area contributed by atoms with Crippen molar-refractivity contribution in [2.45, 2.75) is 19.9 Å². The van der Waals surface area contributed by atoms with Crippen LogP contribution in [0.25, 0.3) is 0 Å². The molecule has 0 spiro atoms. The molecule has 1 atom stereocenters. The van der Waals surface area contributed by atoms with E-state index < -0.39 is 0 Å². The third kappa shape index (κ3) is 4.30. The topological polar surface area (TPSA) is 50.8 Å². The standard InChI is InChI=1S/C23H26N2O3S2/c1-15-16(2)30-23(24-22(26)17-4-6-19(27-3)7-5-17)20(15)21(18-8-13-29-14-18)25-9-11-28-12-10-25/h4-8,13-14,21H,9-12H2,1-3H3,(H,24,26). The minimum atomic E-state index is -0.105. The fraction of sp³-hybridized carbons (Fsp3) is 0.348. The molecule has 1 aliphatic rings. The Morgan fingerprint density at radius 2 is 1.90 bits per heavy atom. The van der Waals surface area contributed by atoms with Crippen LogP contribution in [0.4, 0.5) is 5.00 Å². The van der Waals surface area contributed by atoms with E-state index in [1.54, 1.807) is 41.9 Å². The fourth-order valence-corrected chi connectivity index (χ4v) is 5.58. The summed E-state index contributed by atoms with van der Waals surface area (Å²) in [6, 6.07) is 9.49. The molecule has 1 N–H and O–H groups in total. The number of anilines is 1. The van der Waals surface area contributed by atoms with Crippen LogP contribution < -0.4 is 10.1 Å². The summed E-state index contributed by atoms with van der Waals surface area (Å²) in [5.74, 6) is 0.631. The van der Waals surface area contributed by atoms with E-state index in [9.17, 15) is 4.79 Å². The maximum atomic E-state index is 13.0. The number of amides is 1. The molecule has 0 aliphatic carbocycles. The summed E-state index contributed by atoms with van der Waals surface area (Å²) in [5, 5.41) is 8.44. The normalized spacial score (nSPS) is 15.7. The molecule has 1 unspecified atom stereocenters. The maximum Gasteiger partial charge on any atom is 0.256 e. The average Bonchev–Trinajstić information content (AvgIpc) is 3.39. The summed E-state index contributed by atoms with van der Waals surface area (Å²) in [4.78, 5) is 16.7. The van der Waals surface area contributed by atoms with E-state index in [2.05, 4.69) is 40.9 Å². The van der Waals surface area contributed by atoms with Gasteiger partial charge in [-0.3, -0.25) is 9.69 Å². The van der Waals surface area contributed by atoms with Crippen molar-refractivity contribution in [2.75, 3.05) is 38.7 Å². The lowest BCUT2D eigenvalue weighted by Gasteiger charge is -2.35. The van der Waals surface area contributed by atoms with Crippen LogP contribution in [-0.4, -0.2) is 44.2 Å². The van der Waals surface area contributed by atoms with Crippen LogP contribution >= 0.6 is 22.7 Å². The summed E-state index contributed by atoms with van der Waals surface area (Å²) in [5.41, 5.74) is 4.32. The summed E-state index contributed by atoms with van der Waals surface area (Å²) in [7, 11) is 1.62. The zero-order chi connectivity index (χ0) is 21.1. The van der Waals surface area contributed by atoms with E-state index in [0.717, 1.165) is 37.1 Å². The van der Waals surface area contributed by atoms with Gasteiger partial charge in [0.1, 0.15) is 10.8 Å². The Kier molecular flexibility index (Phi) is 6.53. The zero-order valence-electron chi connectivity index (χ0n) is 17.4. The molecule has 0 saturated carbocycles. The van der Waals surface area contributed by atoms with Crippen molar-refractivity contribution in [1.29, 1.82) is 0 Å². The van der Waals surface area contributed by atoms with Gasteiger partial charge in [0, 0.05) is 29.1 Å². The highest BCUT2D eigenvalue weighted by Gasteiger charge is 2.30. The highest BCUT2D eigenvalue weighted by atomic mass is 32.1. The minimum absolute atomic E-state index is 0.105. The molecular formula is C23H26N2O3S2. The van der Waals surface area contributed by atoms with Gasteiger partial charge in [-0.05, 0) is 66.1 Å². The van der Waals surface area contributed by atoms with Crippen LogP contribution in [0.2, 0.25) is 0 Å². The van der Waals surface area contributed by atoms with Gasteiger partial charge in [-0.25, -0.2) is 0 Å². The van der Waals surface area contributed by atoms with E-state index in [0.29, 0.717) is 5.56 Å². The largest absolute Gasteiger partial charge is 0.497 e. The summed E-state index contributed by atoms with van der Waals surface area (Å²) in [6.45, 7) is 7.49. The lowest BCUT2D eigenvalue weighted by atomic mass is 9.96. The molecule has 1 fully saturated rings. The van der Waals surface area contributed by atoms with Gasteiger partial charge in [-0.2, -0.15) is 11.3 Å². The molecule has 5 nitrogen and oxygen atoms in total. The molecule has 1 saturated heterocycles. The van der Waals surface area contributed by atoms with Gasteiger partial charge in [0.05, 0.1) is 26.4 Å². The highest BCUT2D eigenvalue weighted by Crippen LogP contribution is 2.43. The molecule has 7 heteroatoms. The Hall–Kier alpha value is -2.19. The first-order valence-corrected chi connectivity index (χ1v) is 11.7. The Morgan fingerprint density at radius 1 is 1.17 bits per heavy atom. The molecule has 0 radical (unpaired) electrons.